The minimum atomic E-state index is -0.143. The smallest absolute Gasteiger partial charge is 0.0834 e. The quantitative estimate of drug-likeness (QED) is 0.894. The maximum Gasteiger partial charge on any atom is 0.0834 e. The number of aromatic nitrogens is 2. The van der Waals surface area contributed by atoms with Gasteiger partial charge in [0.2, 0.25) is 0 Å². The molecule has 0 spiro atoms. The van der Waals surface area contributed by atoms with Crippen molar-refractivity contribution < 1.29 is 0 Å². The number of rotatable bonds is 5. The van der Waals surface area contributed by atoms with Gasteiger partial charge in [0.25, 0.3) is 0 Å². The predicted molar refractivity (Wildman–Crippen MR) is 82.3 cm³/mol. The summed E-state index contributed by atoms with van der Waals surface area (Å²) < 4.78 is 2.97. The molecule has 1 atom stereocenters. The Balaban J connectivity index is 2.20. The standard InChI is InChI=1S/C14H17BrClN3/c1-2-6-19-14(12(16)9-18-19)13(17)8-10-4-3-5-11(15)7-10/h3-5,7,9,13H,2,6,8,17H2,1H3. The Morgan fingerprint density at radius 1 is 1.47 bits per heavy atom. The van der Waals surface area contributed by atoms with Crippen LogP contribution in [0, 0.1) is 0 Å². The average Bonchev–Trinajstić information content (AvgIpc) is 2.71. The van der Waals surface area contributed by atoms with Gasteiger partial charge in [-0.15, -0.1) is 0 Å². The van der Waals surface area contributed by atoms with E-state index in [-0.39, 0.29) is 6.04 Å². The Morgan fingerprint density at radius 2 is 2.26 bits per heavy atom. The third-order valence-corrected chi connectivity index (χ3v) is 3.75. The van der Waals surface area contributed by atoms with Gasteiger partial charge in [-0.05, 0) is 30.5 Å². The van der Waals surface area contributed by atoms with Crippen molar-refractivity contribution in [1.82, 2.24) is 9.78 Å². The fraction of sp³-hybridized carbons (Fsp3) is 0.357. The largest absolute Gasteiger partial charge is 0.322 e. The maximum atomic E-state index is 6.29. The minimum Gasteiger partial charge on any atom is -0.322 e. The molecule has 19 heavy (non-hydrogen) atoms. The summed E-state index contributed by atoms with van der Waals surface area (Å²) in [5.74, 6) is 0. The summed E-state index contributed by atoms with van der Waals surface area (Å²) in [5.41, 5.74) is 8.40. The van der Waals surface area contributed by atoms with Gasteiger partial charge in [0.1, 0.15) is 0 Å². The van der Waals surface area contributed by atoms with Gasteiger partial charge in [0.05, 0.1) is 23.0 Å². The van der Waals surface area contributed by atoms with Crippen molar-refractivity contribution >= 4 is 27.5 Å². The van der Waals surface area contributed by atoms with Crippen LogP contribution in [0.4, 0.5) is 0 Å². The first kappa shape index (κ1) is 14.6. The lowest BCUT2D eigenvalue weighted by Gasteiger charge is -2.15. The topological polar surface area (TPSA) is 43.8 Å². The van der Waals surface area contributed by atoms with Crippen molar-refractivity contribution in [3.8, 4) is 0 Å². The Labute approximate surface area is 126 Å². The van der Waals surface area contributed by atoms with Gasteiger partial charge in [0.15, 0.2) is 0 Å². The number of hydrogen-bond acceptors (Lipinski definition) is 2. The van der Waals surface area contributed by atoms with Crippen molar-refractivity contribution in [3.05, 3.63) is 51.2 Å². The summed E-state index contributed by atoms with van der Waals surface area (Å²) in [7, 11) is 0. The molecule has 1 heterocycles. The van der Waals surface area contributed by atoms with Crippen molar-refractivity contribution in [2.75, 3.05) is 0 Å². The van der Waals surface area contributed by atoms with Crippen LogP contribution >= 0.6 is 27.5 Å². The van der Waals surface area contributed by atoms with E-state index in [0.717, 1.165) is 29.6 Å². The average molecular weight is 343 g/mol. The third-order valence-electron chi connectivity index (χ3n) is 2.96. The van der Waals surface area contributed by atoms with E-state index in [2.05, 4.69) is 40.1 Å². The monoisotopic (exact) mass is 341 g/mol. The molecular formula is C14H17BrClN3. The minimum absolute atomic E-state index is 0.143. The van der Waals surface area contributed by atoms with Gasteiger partial charge in [0, 0.05) is 11.0 Å². The number of nitrogens with two attached hydrogens (primary N) is 1. The molecule has 0 radical (unpaired) electrons. The van der Waals surface area contributed by atoms with Crippen LogP contribution in [0.2, 0.25) is 5.02 Å². The van der Waals surface area contributed by atoms with Gasteiger partial charge in [-0.2, -0.15) is 5.10 Å². The van der Waals surface area contributed by atoms with Crippen LogP contribution in [0.1, 0.15) is 30.6 Å². The van der Waals surface area contributed by atoms with Crippen LogP contribution in [0.25, 0.3) is 0 Å². The molecule has 102 valence electrons. The second kappa shape index (κ2) is 6.55. The lowest BCUT2D eigenvalue weighted by atomic mass is 10.0. The molecule has 2 aromatic rings. The van der Waals surface area contributed by atoms with Crippen molar-refractivity contribution in [2.45, 2.75) is 32.4 Å². The Kier molecular flexibility index (Phi) is 5.02. The SMILES string of the molecule is CCCn1ncc(Cl)c1C(N)Cc1cccc(Br)c1. The molecule has 1 aromatic carbocycles. The van der Waals surface area contributed by atoms with E-state index in [1.54, 1.807) is 6.20 Å². The molecular weight excluding hydrogens is 326 g/mol. The van der Waals surface area contributed by atoms with Crippen molar-refractivity contribution in [3.63, 3.8) is 0 Å². The molecule has 0 aliphatic heterocycles. The lowest BCUT2D eigenvalue weighted by molar-refractivity contribution is 0.538. The van der Waals surface area contributed by atoms with Crippen LogP contribution in [0.15, 0.2) is 34.9 Å². The van der Waals surface area contributed by atoms with Crippen LogP contribution in [-0.4, -0.2) is 9.78 Å². The van der Waals surface area contributed by atoms with E-state index in [4.69, 9.17) is 17.3 Å². The molecule has 0 fully saturated rings. The second-order valence-electron chi connectivity index (χ2n) is 4.54. The van der Waals surface area contributed by atoms with Crippen LogP contribution in [0.3, 0.4) is 0 Å². The highest BCUT2D eigenvalue weighted by Gasteiger charge is 2.17. The molecule has 2 rings (SSSR count). The number of benzene rings is 1. The van der Waals surface area contributed by atoms with E-state index in [0.29, 0.717) is 5.02 Å². The molecule has 3 nitrogen and oxygen atoms in total. The van der Waals surface area contributed by atoms with Gasteiger partial charge in [-0.1, -0.05) is 46.6 Å². The van der Waals surface area contributed by atoms with Gasteiger partial charge in [-0.25, -0.2) is 0 Å². The summed E-state index contributed by atoms with van der Waals surface area (Å²) in [6.07, 6.45) is 3.43. The fourth-order valence-corrected chi connectivity index (χ4v) is 2.87. The zero-order valence-corrected chi connectivity index (χ0v) is 13.2. The second-order valence-corrected chi connectivity index (χ2v) is 5.86. The molecule has 1 aromatic heterocycles. The summed E-state index contributed by atoms with van der Waals surface area (Å²) in [6, 6.07) is 8.02. The molecule has 5 heteroatoms. The lowest BCUT2D eigenvalue weighted by Crippen LogP contribution is -2.19. The van der Waals surface area contributed by atoms with E-state index in [9.17, 15) is 0 Å². The van der Waals surface area contributed by atoms with Gasteiger partial charge < -0.3 is 5.73 Å². The van der Waals surface area contributed by atoms with Gasteiger partial charge in [-0.3, -0.25) is 4.68 Å². The zero-order valence-electron chi connectivity index (χ0n) is 10.8. The molecule has 0 bridgehead atoms. The van der Waals surface area contributed by atoms with Crippen LogP contribution < -0.4 is 5.73 Å². The molecule has 0 saturated heterocycles. The highest BCUT2D eigenvalue weighted by molar-refractivity contribution is 9.10. The van der Waals surface area contributed by atoms with Crippen LogP contribution in [0.5, 0.6) is 0 Å². The molecule has 0 aliphatic rings. The summed E-state index contributed by atoms with van der Waals surface area (Å²) in [4.78, 5) is 0. The Hall–Kier alpha value is -0.840. The molecule has 0 amide bonds. The third kappa shape index (κ3) is 3.59. The normalized spacial score (nSPS) is 12.6. The number of aryl methyl sites for hydroxylation is 1. The molecule has 1 unspecified atom stereocenters. The highest BCUT2D eigenvalue weighted by Crippen LogP contribution is 2.25. The van der Waals surface area contributed by atoms with E-state index >= 15 is 0 Å². The summed E-state index contributed by atoms with van der Waals surface area (Å²) >= 11 is 9.67. The van der Waals surface area contributed by atoms with Crippen LogP contribution in [-0.2, 0) is 13.0 Å². The fourth-order valence-electron chi connectivity index (χ4n) is 2.15. The molecule has 0 aliphatic carbocycles. The van der Waals surface area contributed by atoms with Gasteiger partial charge >= 0.3 is 0 Å². The summed E-state index contributed by atoms with van der Waals surface area (Å²) in [6.45, 7) is 2.95. The highest BCUT2D eigenvalue weighted by atomic mass is 79.9. The van der Waals surface area contributed by atoms with Crippen molar-refractivity contribution in [1.29, 1.82) is 0 Å². The first-order chi connectivity index (χ1) is 9.11. The van der Waals surface area contributed by atoms with E-state index < -0.39 is 0 Å². The first-order valence-electron chi connectivity index (χ1n) is 6.33. The zero-order chi connectivity index (χ0) is 13.8. The van der Waals surface area contributed by atoms with Crippen molar-refractivity contribution in [2.24, 2.45) is 5.73 Å². The number of nitrogens with zero attached hydrogens (tertiary/aromatic N) is 2. The Morgan fingerprint density at radius 3 is 2.95 bits per heavy atom. The Bertz CT molecular complexity index is 553. The molecule has 2 N–H and O–H groups in total. The summed E-state index contributed by atoms with van der Waals surface area (Å²) in [5, 5.41) is 4.93. The molecule has 0 saturated carbocycles. The van der Waals surface area contributed by atoms with E-state index in [1.165, 1.54) is 5.56 Å². The first-order valence-corrected chi connectivity index (χ1v) is 7.50. The number of halogens is 2. The maximum absolute atomic E-state index is 6.29. The predicted octanol–water partition coefficient (Wildman–Crippen LogP) is 3.95. The number of hydrogen-bond donors (Lipinski definition) is 1. The van der Waals surface area contributed by atoms with E-state index in [1.807, 2.05) is 16.8 Å².